The van der Waals surface area contributed by atoms with E-state index in [0.29, 0.717) is 6.54 Å². The van der Waals surface area contributed by atoms with Gasteiger partial charge in [0.2, 0.25) is 0 Å². The summed E-state index contributed by atoms with van der Waals surface area (Å²) < 4.78 is 0. The second-order valence-corrected chi connectivity index (χ2v) is 5.46. The summed E-state index contributed by atoms with van der Waals surface area (Å²) in [7, 11) is 0. The molecule has 1 heterocycles. The lowest BCUT2D eigenvalue weighted by Crippen LogP contribution is -2.31. The molecule has 2 rings (SSSR count). The molecule has 4 heteroatoms. The third-order valence-electron chi connectivity index (χ3n) is 3.88. The number of rotatable bonds is 5. The van der Waals surface area contributed by atoms with Crippen LogP contribution in [0.25, 0.3) is 0 Å². The maximum atomic E-state index is 11.9. The highest BCUT2D eigenvalue weighted by atomic mass is 16.1. The van der Waals surface area contributed by atoms with Gasteiger partial charge < -0.3 is 16.0 Å². The van der Waals surface area contributed by atoms with Gasteiger partial charge in [0.1, 0.15) is 0 Å². The molecule has 0 aromatic heterocycles. The van der Waals surface area contributed by atoms with Crippen molar-refractivity contribution >= 4 is 11.6 Å². The minimum atomic E-state index is -0.00239. The van der Waals surface area contributed by atoms with Gasteiger partial charge in [-0.25, -0.2) is 0 Å². The Morgan fingerprint density at radius 3 is 2.80 bits per heavy atom. The van der Waals surface area contributed by atoms with Crippen LogP contribution in [-0.4, -0.2) is 32.1 Å². The van der Waals surface area contributed by atoms with E-state index in [9.17, 15) is 4.79 Å². The Balaban J connectivity index is 1.98. The number of hydrogen-bond donors (Lipinski definition) is 3. The van der Waals surface area contributed by atoms with Crippen LogP contribution in [0.1, 0.15) is 35.7 Å². The van der Waals surface area contributed by atoms with Crippen molar-refractivity contribution in [1.82, 2.24) is 10.6 Å². The summed E-state index contributed by atoms with van der Waals surface area (Å²) in [4.78, 5) is 11.9. The molecule has 1 aliphatic heterocycles. The third kappa shape index (κ3) is 3.97. The minimum Gasteiger partial charge on any atom is -0.385 e. The van der Waals surface area contributed by atoms with Crippen molar-refractivity contribution in [2.75, 3.05) is 31.5 Å². The van der Waals surface area contributed by atoms with E-state index in [0.717, 1.165) is 36.8 Å². The van der Waals surface area contributed by atoms with Crippen LogP contribution in [0, 0.1) is 12.8 Å². The summed E-state index contributed by atoms with van der Waals surface area (Å²) in [6.07, 6.45) is 2.45. The molecule has 1 aromatic rings. The number of benzene rings is 1. The highest BCUT2D eigenvalue weighted by molar-refractivity contribution is 5.95. The van der Waals surface area contributed by atoms with Crippen LogP contribution in [-0.2, 0) is 0 Å². The first-order chi connectivity index (χ1) is 9.70. The molecule has 0 aliphatic carbocycles. The number of aryl methyl sites for hydroxylation is 1. The minimum absolute atomic E-state index is 0.00239. The molecule has 0 radical (unpaired) electrons. The van der Waals surface area contributed by atoms with Gasteiger partial charge in [-0.1, -0.05) is 6.07 Å². The number of carbonyl (C=O) groups excluding carboxylic acids is 1. The zero-order chi connectivity index (χ0) is 14.4. The van der Waals surface area contributed by atoms with Crippen LogP contribution in [0.4, 0.5) is 5.69 Å². The fraction of sp³-hybridized carbons (Fsp3) is 0.562. The largest absolute Gasteiger partial charge is 0.385 e. The fourth-order valence-electron chi connectivity index (χ4n) is 2.56. The average Bonchev–Trinajstić information content (AvgIpc) is 2.47. The zero-order valence-corrected chi connectivity index (χ0v) is 12.5. The first kappa shape index (κ1) is 14.9. The summed E-state index contributed by atoms with van der Waals surface area (Å²) >= 11 is 0. The van der Waals surface area contributed by atoms with E-state index in [2.05, 4.69) is 22.9 Å². The van der Waals surface area contributed by atoms with E-state index in [4.69, 9.17) is 0 Å². The quantitative estimate of drug-likeness (QED) is 0.772. The van der Waals surface area contributed by atoms with Gasteiger partial charge in [-0.3, -0.25) is 4.79 Å². The van der Waals surface area contributed by atoms with Crippen molar-refractivity contribution in [2.24, 2.45) is 5.92 Å². The van der Waals surface area contributed by atoms with Gasteiger partial charge in [0.05, 0.1) is 0 Å². The lowest BCUT2D eigenvalue weighted by molar-refractivity contribution is 0.0956. The highest BCUT2D eigenvalue weighted by Gasteiger charge is 2.13. The van der Waals surface area contributed by atoms with Crippen LogP contribution in [0.3, 0.4) is 0 Å². The number of amides is 1. The van der Waals surface area contributed by atoms with Gasteiger partial charge in [0.15, 0.2) is 0 Å². The summed E-state index contributed by atoms with van der Waals surface area (Å²) in [5, 5.41) is 9.73. The van der Waals surface area contributed by atoms with E-state index < -0.39 is 0 Å². The van der Waals surface area contributed by atoms with E-state index in [1.165, 1.54) is 18.4 Å². The van der Waals surface area contributed by atoms with Crippen molar-refractivity contribution < 1.29 is 4.79 Å². The van der Waals surface area contributed by atoms with Crippen LogP contribution in [0.5, 0.6) is 0 Å². The Morgan fingerprint density at radius 1 is 1.35 bits per heavy atom. The molecule has 1 amide bonds. The summed E-state index contributed by atoms with van der Waals surface area (Å²) in [5.74, 6) is 0.723. The monoisotopic (exact) mass is 275 g/mol. The molecular formula is C16H25N3O. The van der Waals surface area contributed by atoms with Gasteiger partial charge in [-0.15, -0.1) is 0 Å². The zero-order valence-electron chi connectivity index (χ0n) is 12.5. The first-order valence-corrected chi connectivity index (χ1v) is 7.54. The van der Waals surface area contributed by atoms with E-state index in [-0.39, 0.29) is 5.91 Å². The number of hydrogen-bond acceptors (Lipinski definition) is 3. The molecule has 1 aromatic carbocycles. The maximum absolute atomic E-state index is 11.9. The molecule has 0 spiro atoms. The normalized spacial score (nSPS) is 15.9. The number of piperidine rings is 1. The van der Waals surface area contributed by atoms with Crippen LogP contribution in [0.15, 0.2) is 18.2 Å². The number of carbonyl (C=O) groups is 1. The van der Waals surface area contributed by atoms with Crippen molar-refractivity contribution in [1.29, 1.82) is 0 Å². The van der Waals surface area contributed by atoms with Crippen molar-refractivity contribution in [3.05, 3.63) is 29.3 Å². The Kier molecular flexibility index (Phi) is 5.41. The predicted octanol–water partition coefficient (Wildman–Crippen LogP) is 2.16. The Labute approximate surface area is 121 Å². The third-order valence-corrected chi connectivity index (χ3v) is 3.88. The van der Waals surface area contributed by atoms with E-state index in [1.807, 2.05) is 25.1 Å². The summed E-state index contributed by atoms with van der Waals surface area (Å²) in [5.41, 5.74) is 2.99. The molecular weight excluding hydrogens is 250 g/mol. The molecule has 3 N–H and O–H groups in total. The number of anilines is 1. The average molecular weight is 275 g/mol. The van der Waals surface area contributed by atoms with Crippen LogP contribution >= 0.6 is 0 Å². The predicted molar refractivity (Wildman–Crippen MR) is 83.3 cm³/mol. The van der Waals surface area contributed by atoms with Crippen LogP contribution in [0.2, 0.25) is 0 Å². The summed E-state index contributed by atoms with van der Waals surface area (Å²) in [6.45, 7) is 7.88. The lowest BCUT2D eigenvalue weighted by Gasteiger charge is -2.23. The lowest BCUT2D eigenvalue weighted by atomic mass is 9.98. The van der Waals surface area contributed by atoms with Gasteiger partial charge >= 0.3 is 0 Å². The smallest absolute Gasteiger partial charge is 0.251 e. The Bertz CT molecular complexity index is 453. The van der Waals surface area contributed by atoms with Crippen molar-refractivity contribution in [3.63, 3.8) is 0 Å². The van der Waals surface area contributed by atoms with E-state index >= 15 is 0 Å². The first-order valence-electron chi connectivity index (χ1n) is 7.54. The molecule has 0 saturated carbocycles. The fourth-order valence-corrected chi connectivity index (χ4v) is 2.56. The second-order valence-electron chi connectivity index (χ2n) is 5.46. The standard InChI is InChI=1S/C16H25N3O/c1-3-18-16(20)14-5-4-12(2)15(10-14)19-11-13-6-8-17-9-7-13/h4-5,10,13,17,19H,3,6-9,11H2,1-2H3,(H,18,20). The van der Waals surface area contributed by atoms with Gasteiger partial charge in [-0.2, -0.15) is 0 Å². The van der Waals surface area contributed by atoms with Crippen LogP contribution < -0.4 is 16.0 Å². The molecule has 1 saturated heterocycles. The second kappa shape index (κ2) is 7.29. The van der Waals surface area contributed by atoms with Crippen molar-refractivity contribution in [3.8, 4) is 0 Å². The molecule has 1 fully saturated rings. The SMILES string of the molecule is CCNC(=O)c1ccc(C)c(NCC2CCNCC2)c1. The molecule has 110 valence electrons. The summed E-state index contributed by atoms with van der Waals surface area (Å²) in [6, 6.07) is 5.85. The molecule has 4 nitrogen and oxygen atoms in total. The van der Waals surface area contributed by atoms with Gasteiger partial charge in [0, 0.05) is 24.3 Å². The molecule has 1 aliphatic rings. The van der Waals surface area contributed by atoms with Crippen molar-refractivity contribution in [2.45, 2.75) is 26.7 Å². The number of nitrogens with one attached hydrogen (secondary N) is 3. The van der Waals surface area contributed by atoms with Gasteiger partial charge in [0.25, 0.3) is 5.91 Å². The Hall–Kier alpha value is -1.55. The molecule has 0 atom stereocenters. The topological polar surface area (TPSA) is 53.2 Å². The van der Waals surface area contributed by atoms with Gasteiger partial charge in [-0.05, 0) is 63.4 Å². The molecule has 0 unspecified atom stereocenters. The van der Waals surface area contributed by atoms with E-state index in [1.54, 1.807) is 0 Å². The molecule has 0 bridgehead atoms. The highest BCUT2D eigenvalue weighted by Crippen LogP contribution is 2.19. The maximum Gasteiger partial charge on any atom is 0.251 e. The molecule has 20 heavy (non-hydrogen) atoms. The Morgan fingerprint density at radius 2 is 2.10 bits per heavy atom.